The molecule has 0 amide bonds. The normalized spacial score (nSPS) is 8.48. The summed E-state index contributed by atoms with van der Waals surface area (Å²) in [6.07, 6.45) is 2.70. The zero-order valence-corrected chi connectivity index (χ0v) is 15.5. The van der Waals surface area contributed by atoms with Crippen molar-refractivity contribution in [1.29, 1.82) is 0 Å². The molecule has 114 valence electrons. The molecule has 0 saturated carbocycles. The van der Waals surface area contributed by atoms with Crippen molar-refractivity contribution in [3.8, 4) is 0 Å². The van der Waals surface area contributed by atoms with Gasteiger partial charge in [0.2, 0.25) is 0 Å². The van der Waals surface area contributed by atoms with Crippen LogP contribution < -0.4 is 10.2 Å². The number of hydrogen-bond acceptors (Lipinski definition) is 5. The second-order valence-electron chi connectivity index (χ2n) is 3.83. The van der Waals surface area contributed by atoms with Gasteiger partial charge in [-0.25, -0.2) is 0 Å². The molecule has 0 aliphatic rings. The van der Waals surface area contributed by atoms with E-state index in [2.05, 4.69) is 13.8 Å². The first-order valence-electron chi connectivity index (χ1n) is 6.18. The fourth-order valence-corrected chi connectivity index (χ4v) is 2.06. The van der Waals surface area contributed by atoms with E-state index in [0.717, 1.165) is 6.07 Å². The van der Waals surface area contributed by atoms with Gasteiger partial charge < -0.3 is 25.3 Å². The first-order chi connectivity index (χ1) is 9.02. The molecular weight excluding hydrogens is 320 g/mol. The predicted octanol–water partition coefficient (Wildman–Crippen LogP) is -0.523. The molecule has 0 bridgehead atoms. The van der Waals surface area contributed by atoms with Gasteiger partial charge in [0, 0.05) is 0 Å². The Kier molecular flexibility index (Phi) is 19.7. The van der Waals surface area contributed by atoms with E-state index in [1.807, 2.05) is 0 Å². The summed E-state index contributed by atoms with van der Waals surface area (Å²) in [5.74, 6) is -0.0157. The zero-order chi connectivity index (χ0) is 14.7. The maximum absolute atomic E-state index is 10.3. The number of aromatic carboxylic acids is 2. The van der Waals surface area contributed by atoms with Gasteiger partial charge in [0.25, 0.3) is 0 Å². The summed E-state index contributed by atoms with van der Waals surface area (Å²) in [4.78, 5) is 20.5. The van der Waals surface area contributed by atoms with Crippen molar-refractivity contribution in [2.24, 2.45) is 0 Å². The molecule has 21 heavy (non-hydrogen) atoms. The summed E-state index contributed by atoms with van der Waals surface area (Å²) >= 11 is 1.64. The van der Waals surface area contributed by atoms with Gasteiger partial charge in [-0.3, -0.25) is 0 Å². The van der Waals surface area contributed by atoms with Crippen LogP contribution in [0.4, 0.5) is 0 Å². The van der Waals surface area contributed by atoms with Crippen LogP contribution in [0.1, 0.15) is 47.4 Å². The van der Waals surface area contributed by atoms with Crippen molar-refractivity contribution in [1.82, 2.24) is 0 Å². The first kappa shape index (κ1) is 25.7. The van der Waals surface area contributed by atoms with Crippen LogP contribution in [0, 0.1) is 0 Å². The summed E-state index contributed by atoms with van der Waals surface area (Å²) in [5.41, 5.74) is -0.339. The monoisotopic (exact) mass is 340 g/mol. The van der Waals surface area contributed by atoms with Gasteiger partial charge in [-0.15, -0.1) is 0 Å². The van der Waals surface area contributed by atoms with Crippen molar-refractivity contribution in [3.05, 3.63) is 35.4 Å². The van der Waals surface area contributed by atoms with Crippen molar-refractivity contribution >= 4 is 61.4 Å². The molecule has 1 aromatic carbocycles. The molecule has 7 heteroatoms. The fraction of sp³-hybridized carbons (Fsp3) is 0.429. The number of rotatable bonds is 6. The third-order valence-corrected chi connectivity index (χ3v) is 3.62. The smallest absolute Gasteiger partial charge is 0.870 e. The minimum Gasteiger partial charge on any atom is -0.870 e. The molecular formula is C14H20CaO5S. The van der Waals surface area contributed by atoms with Gasteiger partial charge in [-0.2, -0.15) is 0 Å². The molecule has 1 aromatic rings. The van der Waals surface area contributed by atoms with Crippen LogP contribution in [-0.4, -0.2) is 66.7 Å². The standard InChI is InChI=1S/C8H6O4.C6H14S.Ca.H2O/c9-7(10)5-2-1-3-6(4-5)8(11)12;1-3-5-7-6-4-2;;/h1-4H,(H,9,10)(H,11,12);3-6H2,1-2H3;;1H2/q;;+2;/p-2. The van der Waals surface area contributed by atoms with Crippen molar-refractivity contribution < 1.29 is 25.3 Å². The maximum Gasteiger partial charge on any atom is 2.00 e. The zero-order valence-electron chi connectivity index (χ0n) is 12.4. The van der Waals surface area contributed by atoms with E-state index in [1.165, 1.54) is 42.5 Å². The summed E-state index contributed by atoms with van der Waals surface area (Å²) in [6, 6.07) is 4.81. The third kappa shape index (κ3) is 13.1. The van der Waals surface area contributed by atoms with Gasteiger partial charge in [0.1, 0.15) is 11.5 Å². The molecule has 0 unspecified atom stereocenters. The average Bonchev–Trinajstić information content (AvgIpc) is 2.40. The Hall–Kier alpha value is -0.270. The average molecular weight is 340 g/mol. The molecule has 0 heterocycles. The Morgan fingerprint density at radius 1 is 1.00 bits per heavy atom. The van der Waals surface area contributed by atoms with E-state index >= 15 is 0 Å². The minimum absolute atomic E-state index is 0. The van der Waals surface area contributed by atoms with Gasteiger partial charge >= 0.3 is 37.7 Å². The largest absolute Gasteiger partial charge is 2.00 e. The van der Waals surface area contributed by atoms with Crippen LogP contribution in [0.2, 0.25) is 0 Å². The first-order valence-corrected chi connectivity index (χ1v) is 7.45. The van der Waals surface area contributed by atoms with E-state index in [0.29, 0.717) is 0 Å². The number of carbonyl (C=O) groups excluding carboxylic acids is 2. The second-order valence-corrected chi connectivity index (χ2v) is 5.17. The van der Waals surface area contributed by atoms with Crippen LogP contribution in [0.15, 0.2) is 24.3 Å². The molecule has 5 nitrogen and oxygen atoms in total. The Bertz CT molecular complexity index is 379. The van der Waals surface area contributed by atoms with E-state index < -0.39 is 11.9 Å². The van der Waals surface area contributed by atoms with Gasteiger partial charge in [0.15, 0.2) is 0 Å². The summed E-state index contributed by atoms with van der Waals surface area (Å²) in [7, 11) is 0. The SMILES string of the molecule is CCC[SH+]CCC.O=C([O-])c1cccc(C(=O)[O-])c1.[Ca+2].[OH-]. The van der Waals surface area contributed by atoms with Gasteiger partial charge in [-0.1, -0.05) is 32.0 Å². The molecule has 0 fully saturated rings. The quantitative estimate of drug-likeness (QED) is 0.299. The van der Waals surface area contributed by atoms with Gasteiger partial charge in [0.05, 0.1) is 11.9 Å². The molecule has 0 aromatic heterocycles. The van der Waals surface area contributed by atoms with Gasteiger partial charge in [-0.05, 0) is 41.8 Å². The van der Waals surface area contributed by atoms with E-state index in [9.17, 15) is 19.8 Å². The number of thiol groups is 1. The molecule has 0 aliphatic heterocycles. The fourth-order valence-electron chi connectivity index (χ4n) is 1.20. The number of benzene rings is 1. The molecule has 1 N–H and O–H groups in total. The van der Waals surface area contributed by atoms with E-state index in [-0.39, 0.29) is 54.3 Å². The maximum atomic E-state index is 10.3. The number of carboxylic acid groups (broad SMARTS) is 2. The summed E-state index contributed by atoms with van der Waals surface area (Å²) in [6.45, 7) is 4.48. The van der Waals surface area contributed by atoms with Crippen molar-refractivity contribution in [2.75, 3.05) is 11.5 Å². The number of carboxylic acids is 2. The van der Waals surface area contributed by atoms with Crippen LogP contribution in [-0.2, 0) is 11.8 Å². The predicted molar refractivity (Wildman–Crippen MR) is 81.9 cm³/mol. The Balaban J connectivity index is -0.000000317. The molecule has 0 radical (unpaired) electrons. The molecule has 0 atom stereocenters. The summed E-state index contributed by atoms with van der Waals surface area (Å²) in [5, 5.41) is 20.5. The Morgan fingerprint density at radius 3 is 1.67 bits per heavy atom. The number of carbonyl (C=O) groups is 2. The summed E-state index contributed by atoms with van der Waals surface area (Å²) < 4.78 is 0. The van der Waals surface area contributed by atoms with Crippen LogP contribution in [0.5, 0.6) is 0 Å². The van der Waals surface area contributed by atoms with Crippen molar-refractivity contribution in [3.63, 3.8) is 0 Å². The van der Waals surface area contributed by atoms with E-state index in [1.54, 1.807) is 11.8 Å². The molecule has 0 aliphatic carbocycles. The van der Waals surface area contributed by atoms with Crippen molar-refractivity contribution in [2.45, 2.75) is 26.7 Å². The van der Waals surface area contributed by atoms with E-state index in [4.69, 9.17) is 0 Å². The van der Waals surface area contributed by atoms with Crippen LogP contribution in [0.25, 0.3) is 0 Å². The second kappa shape index (κ2) is 16.1. The molecule has 1 rings (SSSR count). The number of hydrogen-bond donors (Lipinski definition) is 0. The van der Waals surface area contributed by atoms with Crippen LogP contribution in [0.3, 0.4) is 0 Å². The van der Waals surface area contributed by atoms with Crippen LogP contribution >= 0.6 is 0 Å². The minimum atomic E-state index is -1.40. The topological polar surface area (TPSA) is 110 Å². The molecule has 0 spiro atoms. The molecule has 0 saturated heterocycles. The Morgan fingerprint density at radius 2 is 1.38 bits per heavy atom. The third-order valence-electron chi connectivity index (χ3n) is 2.10. The Labute approximate surface area is 159 Å².